The minimum Gasteiger partial charge on any atom is -0.325 e. The van der Waals surface area contributed by atoms with E-state index in [1.54, 1.807) is 6.07 Å². The molecule has 6 heteroatoms. The van der Waals surface area contributed by atoms with Gasteiger partial charge in [0.2, 0.25) is 0 Å². The molecule has 0 unspecified atom stereocenters. The van der Waals surface area contributed by atoms with Crippen molar-refractivity contribution in [1.82, 2.24) is 9.55 Å². The van der Waals surface area contributed by atoms with Gasteiger partial charge in [-0.2, -0.15) is 0 Å². The van der Waals surface area contributed by atoms with Gasteiger partial charge in [-0.05, 0) is 38.0 Å². The molecule has 1 aromatic carbocycles. The fraction of sp³-hybridized carbons (Fsp3) is 0.364. The van der Waals surface area contributed by atoms with Crippen LogP contribution in [-0.4, -0.2) is 18.0 Å². The highest BCUT2D eigenvalue weighted by molar-refractivity contribution is 8.13. The number of hydrogen-bond acceptors (Lipinski definition) is 3. The zero-order valence-electron chi connectivity index (χ0n) is 9.22. The quantitative estimate of drug-likeness (QED) is 0.788. The van der Waals surface area contributed by atoms with Crippen LogP contribution in [0.25, 0.3) is 11.0 Å². The molecule has 2 aromatic rings. The largest absolute Gasteiger partial charge is 0.325 e. The van der Waals surface area contributed by atoms with Crippen molar-refractivity contribution in [3.05, 3.63) is 24.0 Å². The first-order valence-electron chi connectivity index (χ1n) is 5.40. The molecular weight excluding hydrogens is 260 g/mol. The SMILES string of the molecule is Cc1nc2cc(S(=O)(=O)Cl)ccc2n1C1CC1. The van der Waals surface area contributed by atoms with E-state index in [4.69, 9.17) is 10.7 Å². The molecule has 0 radical (unpaired) electrons. The van der Waals surface area contributed by atoms with E-state index in [9.17, 15) is 8.42 Å². The van der Waals surface area contributed by atoms with Gasteiger partial charge >= 0.3 is 0 Å². The molecule has 0 N–H and O–H groups in total. The molecule has 0 aliphatic heterocycles. The normalized spacial score (nSPS) is 16.6. The molecule has 0 bridgehead atoms. The maximum atomic E-state index is 11.2. The Morgan fingerprint density at radius 2 is 2.12 bits per heavy atom. The molecule has 0 atom stereocenters. The Hall–Kier alpha value is -1.07. The second-order valence-corrected chi connectivity index (χ2v) is 6.91. The first kappa shape index (κ1) is 11.0. The monoisotopic (exact) mass is 270 g/mol. The Balaban J connectivity index is 2.25. The predicted octanol–water partition coefficient (Wildman–Crippen LogP) is 2.61. The maximum absolute atomic E-state index is 11.2. The molecule has 17 heavy (non-hydrogen) atoms. The van der Waals surface area contributed by atoms with Gasteiger partial charge in [0.1, 0.15) is 5.82 Å². The summed E-state index contributed by atoms with van der Waals surface area (Å²) in [5.74, 6) is 0.923. The van der Waals surface area contributed by atoms with Crippen LogP contribution in [0.2, 0.25) is 0 Å². The van der Waals surface area contributed by atoms with E-state index in [1.165, 1.54) is 25.0 Å². The van der Waals surface area contributed by atoms with Crippen molar-refractivity contribution in [3.8, 4) is 0 Å². The Bertz CT molecular complexity index is 702. The minimum absolute atomic E-state index is 0.104. The third kappa shape index (κ3) is 1.83. The van der Waals surface area contributed by atoms with Gasteiger partial charge in [-0.25, -0.2) is 13.4 Å². The molecule has 3 rings (SSSR count). The molecular formula is C11H11ClN2O2S. The third-order valence-corrected chi connectivity index (χ3v) is 4.38. The highest BCUT2D eigenvalue weighted by atomic mass is 35.7. The minimum atomic E-state index is -3.68. The fourth-order valence-corrected chi connectivity index (χ4v) is 2.92. The Kier molecular flexibility index (Phi) is 2.25. The van der Waals surface area contributed by atoms with Gasteiger partial charge in [-0.1, -0.05) is 0 Å². The van der Waals surface area contributed by atoms with E-state index in [2.05, 4.69) is 9.55 Å². The first-order chi connectivity index (χ1) is 7.97. The van der Waals surface area contributed by atoms with Gasteiger partial charge in [0, 0.05) is 16.7 Å². The molecule has 0 saturated heterocycles. The predicted molar refractivity (Wildman–Crippen MR) is 65.8 cm³/mol. The van der Waals surface area contributed by atoms with E-state index in [0.29, 0.717) is 11.6 Å². The van der Waals surface area contributed by atoms with Gasteiger partial charge in [0.25, 0.3) is 9.05 Å². The standard InChI is InChI=1S/C11H11ClN2O2S/c1-7-13-10-6-9(17(12,15)16)4-5-11(10)14(7)8-2-3-8/h4-6,8H,2-3H2,1H3. The molecule has 1 aliphatic carbocycles. The van der Waals surface area contributed by atoms with Crippen molar-refractivity contribution in [3.63, 3.8) is 0 Å². The highest BCUT2D eigenvalue weighted by Crippen LogP contribution is 2.38. The van der Waals surface area contributed by atoms with E-state index >= 15 is 0 Å². The number of nitrogens with zero attached hydrogens (tertiary/aromatic N) is 2. The third-order valence-electron chi connectivity index (χ3n) is 3.03. The topological polar surface area (TPSA) is 52.0 Å². The number of fused-ring (bicyclic) bond motifs is 1. The lowest BCUT2D eigenvalue weighted by Gasteiger charge is -2.03. The molecule has 0 spiro atoms. The lowest BCUT2D eigenvalue weighted by Crippen LogP contribution is -1.96. The van der Waals surface area contributed by atoms with Gasteiger partial charge < -0.3 is 4.57 Å². The van der Waals surface area contributed by atoms with E-state index in [0.717, 1.165) is 11.3 Å². The smallest absolute Gasteiger partial charge is 0.261 e. The average molecular weight is 271 g/mol. The number of hydrogen-bond donors (Lipinski definition) is 0. The lowest BCUT2D eigenvalue weighted by molar-refractivity contribution is 0.609. The molecule has 1 aliphatic rings. The van der Waals surface area contributed by atoms with Crippen molar-refractivity contribution in [2.45, 2.75) is 30.7 Å². The van der Waals surface area contributed by atoms with Crippen LogP contribution in [0, 0.1) is 6.92 Å². The van der Waals surface area contributed by atoms with Crippen LogP contribution >= 0.6 is 10.7 Å². The zero-order valence-corrected chi connectivity index (χ0v) is 10.8. The summed E-state index contributed by atoms with van der Waals surface area (Å²) in [5.41, 5.74) is 1.67. The summed E-state index contributed by atoms with van der Waals surface area (Å²) in [4.78, 5) is 4.49. The Labute approximate surface area is 104 Å². The summed E-state index contributed by atoms with van der Waals surface area (Å²) < 4.78 is 24.7. The number of benzene rings is 1. The molecule has 4 nitrogen and oxygen atoms in total. The number of halogens is 1. The van der Waals surface area contributed by atoms with Crippen molar-refractivity contribution in [2.24, 2.45) is 0 Å². The maximum Gasteiger partial charge on any atom is 0.261 e. The van der Waals surface area contributed by atoms with Crippen LogP contribution in [-0.2, 0) is 9.05 Å². The summed E-state index contributed by atoms with van der Waals surface area (Å²) in [6.07, 6.45) is 2.34. The van der Waals surface area contributed by atoms with E-state index < -0.39 is 9.05 Å². The van der Waals surface area contributed by atoms with Gasteiger partial charge in [-0.3, -0.25) is 0 Å². The number of aryl methyl sites for hydroxylation is 1. The van der Waals surface area contributed by atoms with Gasteiger partial charge in [0.15, 0.2) is 0 Å². The van der Waals surface area contributed by atoms with Crippen LogP contribution in [0.3, 0.4) is 0 Å². The number of imidazole rings is 1. The Morgan fingerprint density at radius 1 is 1.41 bits per heavy atom. The van der Waals surface area contributed by atoms with Crippen molar-refractivity contribution < 1.29 is 8.42 Å². The van der Waals surface area contributed by atoms with Crippen molar-refractivity contribution in [1.29, 1.82) is 0 Å². The molecule has 90 valence electrons. The summed E-state index contributed by atoms with van der Waals surface area (Å²) in [6, 6.07) is 5.37. The second kappa shape index (κ2) is 3.46. The lowest BCUT2D eigenvalue weighted by atomic mass is 10.3. The molecule has 1 saturated carbocycles. The van der Waals surface area contributed by atoms with Crippen molar-refractivity contribution >= 4 is 30.8 Å². The van der Waals surface area contributed by atoms with Crippen molar-refractivity contribution in [2.75, 3.05) is 0 Å². The van der Waals surface area contributed by atoms with Gasteiger partial charge in [-0.15, -0.1) is 0 Å². The summed E-state index contributed by atoms with van der Waals surface area (Å²) >= 11 is 0. The van der Waals surface area contributed by atoms with Crippen LogP contribution in [0.15, 0.2) is 23.1 Å². The average Bonchev–Trinajstić information content (AvgIpc) is 2.99. The Morgan fingerprint density at radius 3 is 2.71 bits per heavy atom. The number of aromatic nitrogens is 2. The molecule has 1 heterocycles. The number of rotatable bonds is 2. The van der Waals surface area contributed by atoms with E-state index in [1.807, 2.05) is 6.92 Å². The van der Waals surface area contributed by atoms with Crippen LogP contribution in [0.1, 0.15) is 24.7 Å². The van der Waals surface area contributed by atoms with E-state index in [-0.39, 0.29) is 4.90 Å². The van der Waals surface area contributed by atoms with Gasteiger partial charge in [0.05, 0.1) is 15.9 Å². The van der Waals surface area contributed by atoms with Crippen LogP contribution < -0.4 is 0 Å². The molecule has 1 fully saturated rings. The van der Waals surface area contributed by atoms with Crippen LogP contribution in [0.5, 0.6) is 0 Å². The molecule has 1 aromatic heterocycles. The fourth-order valence-electron chi connectivity index (χ4n) is 2.14. The summed E-state index contributed by atoms with van der Waals surface area (Å²) in [6.45, 7) is 1.94. The molecule has 0 amide bonds. The highest BCUT2D eigenvalue weighted by Gasteiger charge is 2.27. The first-order valence-corrected chi connectivity index (χ1v) is 7.71. The zero-order chi connectivity index (χ0) is 12.2. The second-order valence-electron chi connectivity index (χ2n) is 4.35. The van der Waals surface area contributed by atoms with Crippen LogP contribution in [0.4, 0.5) is 0 Å². The summed E-state index contributed by atoms with van der Waals surface area (Å²) in [7, 11) is 1.64. The summed E-state index contributed by atoms with van der Waals surface area (Å²) in [5, 5.41) is 0.